The molecule has 0 bridgehead atoms. The molecule has 32 heavy (non-hydrogen) atoms. The molecule has 1 atom stereocenters. The SMILES string of the molecule is CC[C@@H](C)Oc1c(Br)cc(C=Nn2c(C3CCCCC3)nc3ccccc3c2=O)cc1Br. The molecule has 0 unspecified atom stereocenters. The smallest absolute Gasteiger partial charge is 0.282 e. The lowest BCUT2D eigenvalue weighted by Gasteiger charge is -2.22. The normalized spacial score (nSPS) is 16.0. The Balaban J connectivity index is 1.75. The second-order valence-corrected chi connectivity index (χ2v) is 10.0. The van der Waals surface area contributed by atoms with Crippen molar-refractivity contribution in [3.63, 3.8) is 0 Å². The number of hydrogen-bond donors (Lipinski definition) is 0. The molecule has 7 heteroatoms. The summed E-state index contributed by atoms with van der Waals surface area (Å²) in [7, 11) is 0. The van der Waals surface area contributed by atoms with Gasteiger partial charge in [-0.25, -0.2) is 4.98 Å². The molecule has 168 valence electrons. The van der Waals surface area contributed by atoms with Crippen LogP contribution in [0.1, 0.15) is 69.7 Å². The number of hydrogen-bond acceptors (Lipinski definition) is 4. The molecule has 0 aliphatic heterocycles. The van der Waals surface area contributed by atoms with Crippen LogP contribution in [0.3, 0.4) is 0 Å². The van der Waals surface area contributed by atoms with Crippen molar-refractivity contribution < 1.29 is 4.74 Å². The largest absolute Gasteiger partial charge is 0.488 e. The summed E-state index contributed by atoms with van der Waals surface area (Å²) in [5.41, 5.74) is 1.47. The fourth-order valence-corrected chi connectivity index (χ4v) is 5.46. The van der Waals surface area contributed by atoms with E-state index in [9.17, 15) is 4.79 Å². The van der Waals surface area contributed by atoms with Crippen molar-refractivity contribution in [3.8, 4) is 5.75 Å². The van der Waals surface area contributed by atoms with Gasteiger partial charge in [-0.3, -0.25) is 4.79 Å². The minimum Gasteiger partial charge on any atom is -0.488 e. The van der Waals surface area contributed by atoms with E-state index in [1.807, 2.05) is 43.3 Å². The van der Waals surface area contributed by atoms with Crippen LogP contribution in [-0.2, 0) is 0 Å². The molecule has 0 saturated heterocycles. The summed E-state index contributed by atoms with van der Waals surface area (Å²) in [5, 5.41) is 5.21. The number of benzene rings is 2. The van der Waals surface area contributed by atoms with Crippen molar-refractivity contribution in [3.05, 3.63) is 67.1 Å². The number of aromatic nitrogens is 2. The van der Waals surface area contributed by atoms with E-state index in [1.54, 1.807) is 6.21 Å². The maximum atomic E-state index is 13.3. The Morgan fingerprint density at radius 3 is 2.56 bits per heavy atom. The van der Waals surface area contributed by atoms with Gasteiger partial charge in [-0.1, -0.05) is 38.3 Å². The van der Waals surface area contributed by atoms with Crippen LogP contribution in [0, 0.1) is 0 Å². The lowest BCUT2D eigenvalue weighted by molar-refractivity contribution is 0.214. The van der Waals surface area contributed by atoms with Crippen LogP contribution < -0.4 is 10.3 Å². The summed E-state index contributed by atoms with van der Waals surface area (Å²) in [4.78, 5) is 18.2. The zero-order valence-corrected chi connectivity index (χ0v) is 21.5. The lowest BCUT2D eigenvalue weighted by atomic mass is 9.88. The third kappa shape index (κ3) is 4.99. The van der Waals surface area contributed by atoms with Gasteiger partial charge in [-0.15, -0.1) is 0 Å². The van der Waals surface area contributed by atoms with Crippen LogP contribution in [0.2, 0.25) is 0 Å². The summed E-state index contributed by atoms with van der Waals surface area (Å²) in [6.45, 7) is 4.13. The number of fused-ring (bicyclic) bond motifs is 1. The molecule has 4 rings (SSSR count). The van der Waals surface area contributed by atoms with Crippen LogP contribution in [0.15, 0.2) is 55.2 Å². The van der Waals surface area contributed by atoms with Crippen LogP contribution in [-0.4, -0.2) is 22.0 Å². The fraction of sp³-hybridized carbons (Fsp3) is 0.400. The highest BCUT2D eigenvalue weighted by Gasteiger charge is 2.22. The van der Waals surface area contributed by atoms with Crippen molar-refractivity contribution in [1.82, 2.24) is 9.66 Å². The third-order valence-corrected chi connectivity index (χ3v) is 7.16. The molecule has 0 radical (unpaired) electrons. The van der Waals surface area contributed by atoms with Gasteiger partial charge in [0.25, 0.3) is 5.56 Å². The first kappa shape index (κ1) is 23.2. The van der Waals surface area contributed by atoms with Gasteiger partial charge < -0.3 is 4.74 Å². The molecule has 2 aromatic carbocycles. The van der Waals surface area contributed by atoms with E-state index in [1.165, 1.54) is 11.1 Å². The van der Waals surface area contributed by atoms with E-state index >= 15 is 0 Å². The van der Waals surface area contributed by atoms with Gasteiger partial charge >= 0.3 is 0 Å². The Morgan fingerprint density at radius 2 is 1.88 bits per heavy atom. The molecular formula is C25H27Br2N3O2. The van der Waals surface area contributed by atoms with E-state index in [-0.39, 0.29) is 17.6 Å². The summed E-state index contributed by atoms with van der Waals surface area (Å²) >= 11 is 7.22. The molecule has 1 heterocycles. The van der Waals surface area contributed by atoms with E-state index in [2.05, 4.69) is 43.9 Å². The van der Waals surface area contributed by atoms with Gasteiger partial charge in [0.05, 0.1) is 32.2 Å². The monoisotopic (exact) mass is 559 g/mol. The number of para-hydroxylation sites is 1. The maximum Gasteiger partial charge on any atom is 0.282 e. The topological polar surface area (TPSA) is 56.5 Å². The molecule has 1 fully saturated rings. The molecule has 0 N–H and O–H groups in total. The molecule has 1 saturated carbocycles. The zero-order chi connectivity index (χ0) is 22.7. The molecule has 0 amide bonds. The number of nitrogens with zero attached hydrogens (tertiary/aromatic N) is 3. The minimum absolute atomic E-state index is 0.113. The Kier molecular flexibility index (Phi) is 7.46. The third-order valence-electron chi connectivity index (χ3n) is 5.99. The Morgan fingerprint density at radius 1 is 1.19 bits per heavy atom. The second kappa shape index (κ2) is 10.3. The molecule has 3 aromatic rings. The van der Waals surface area contributed by atoms with Crippen molar-refractivity contribution in [2.45, 2.75) is 64.4 Å². The fourth-order valence-electron chi connectivity index (χ4n) is 4.05. The number of rotatable bonds is 6. The summed E-state index contributed by atoms with van der Waals surface area (Å²) < 4.78 is 9.18. The predicted molar refractivity (Wildman–Crippen MR) is 137 cm³/mol. The van der Waals surface area contributed by atoms with E-state index < -0.39 is 0 Å². The highest BCUT2D eigenvalue weighted by atomic mass is 79.9. The quantitative estimate of drug-likeness (QED) is 0.304. The van der Waals surface area contributed by atoms with Gasteiger partial charge in [-0.05, 0) is 87.9 Å². The first-order chi connectivity index (χ1) is 15.5. The highest BCUT2D eigenvalue weighted by Crippen LogP contribution is 2.35. The van der Waals surface area contributed by atoms with Gasteiger partial charge in [0.2, 0.25) is 0 Å². The van der Waals surface area contributed by atoms with E-state index in [0.29, 0.717) is 5.39 Å². The zero-order valence-electron chi connectivity index (χ0n) is 18.4. The standard InChI is InChI=1S/C25H27Br2N3O2/c1-3-16(2)32-23-20(26)13-17(14-21(23)27)15-28-30-24(18-9-5-4-6-10-18)29-22-12-8-7-11-19(22)25(30)31/h7-8,11-16,18H,3-6,9-10H2,1-2H3/t16-/m1/s1. The summed E-state index contributed by atoms with van der Waals surface area (Å²) in [5.74, 6) is 1.78. The number of ether oxygens (including phenoxy) is 1. The summed E-state index contributed by atoms with van der Waals surface area (Å²) in [6, 6.07) is 11.4. The molecule has 1 aliphatic rings. The first-order valence-electron chi connectivity index (χ1n) is 11.2. The Bertz CT molecular complexity index is 1180. The Hall–Kier alpha value is -1.99. The summed E-state index contributed by atoms with van der Waals surface area (Å²) in [6.07, 6.45) is 8.39. The predicted octanol–water partition coefficient (Wildman–Crippen LogP) is 7.03. The lowest BCUT2D eigenvalue weighted by Crippen LogP contribution is -2.25. The van der Waals surface area contributed by atoms with E-state index in [0.717, 1.165) is 63.7 Å². The Labute approximate surface area is 205 Å². The van der Waals surface area contributed by atoms with Gasteiger partial charge in [0.1, 0.15) is 11.6 Å². The number of halogens is 2. The van der Waals surface area contributed by atoms with Crippen molar-refractivity contribution in [2.75, 3.05) is 0 Å². The van der Waals surface area contributed by atoms with Crippen LogP contribution in [0.25, 0.3) is 10.9 Å². The van der Waals surface area contributed by atoms with Gasteiger partial charge in [-0.2, -0.15) is 9.78 Å². The average molecular weight is 561 g/mol. The maximum absolute atomic E-state index is 13.3. The minimum atomic E-state index is -0.123. The van der Waals surface area contributed by atoms with Crippen molar-refractivity contribution in [2.24, 2.45) is 5.10 Å². The molecule has 0 spiro atoms. The molecule has 1 aromatic heterocycles. The molecule has 1 aliphatic carbocycles. The van der Waals surface area contributed by atoms with Gasteiger partial charge in [0, 0.05) is 5.92 Å². The van der Waals surface area contributed by atoms with Crippen LogP contribution in [0.4, 0.5) is 0 Å². The second-order valence-electron chi connectivity index (χ2n) is 8.33. The van der Waals surface area contributed by atoms with Crippen LogP contribution in [0.5, 0.6) is 5.75 Å². The van der Waals surface area contributed by atoms with Crippen molar-refractivity contribution >= 4 is 49.0 Å². The van der Waals surface area contributed by atoms with Crippen molar-refractivity contribution in [1.29, 1.82) is 0 Å². The molecular weight excluding hydrogens is 534 g/mol. The highest BCUT2D eigenvalue weighted by molar-refractivity contribution is 9.11. The van der Waals surface area contributed by atoms with E-state index in [4.69, 9.17) is 9.72 Å². The average Bonchev–Trinajstić information content (AvgIpc) is 2.81. The molecule has 5 nitrogen and oxygen atoms in total. The first-order valence-corrected chi connectivity index (χ1v) is 12.8. The van der Waals surface area contributed by atoms with Crippen LogP contribution >= 0.6 is 31.9 Å². The van der Waals surface area contributed by atoms with Gasteiger partial charge in [0.15, 0.2) is 0 Å².